The van der Waals surface area contributed by atoms with Crippen molar-refractivity contribution in [2.24, 2.45) is 0 Å². The van der Waals surface area contributed by atoms with E-state index in [1.165, 1.54) is 23.5 Å². The molecule has 0 bridgehead atoms. The van der Waals surface area contributed by atoms with Gasteiger partial charge in [0.05, 0.1) is 37.7 Å². The van der Waals surface area contributed by atoms with E-state index in [1.54, 1.807) is 6.33 Å². The van der Waals surface area contributed by atoms with Crippen LogP contribution in [0.1, 0.15) is 37.4 Å². The fraction of sp³-hybridized carbons (Fsp3) is 0.565. The molecule has 0 aliphatic carbocycles. The summed E-state index contributed by atoms with van der Waals surface area (Å²) >= 11 is 0. The molecule has 210 valence electrons. The number of aliphatic hydroxyl groups excluding tert-OH is 5. The number of nitrogens with zero attached hydrogens (tertiary/aromatic N) is 8. The zero-order chi connectivity index (χ0) is 27.5. The molecular weight excluding hydrogens is 514 g/mol. The molecule has 0 saturated carbocycles. The van der Waals surface area contributed by atoms with Crippen LogP contribution in [0.3, 0.4) is 0 Å². The maximum absolute atomic E-state index is 10.1. The molecule has 6 heterocycles. The summed E-state index contributed by atoms with van der Waals surface area (Å²) in [5.74, 6) is 0.366. The maximum Gasteiger partial charge on any atom is 0.167 e. The second-order valence-electron chi connectivity index (χ2n) is 9.26. The number of anilines is 1. The molecule has 1 unspecified atom stereocenters. The van der Waals surface area contributed by atoms with Crippen LogP contribution in [0.4, 0.5) is 5.82 Å². The Labute approximate surface area is 221 Å². The normalized spacial score (nSPS) is 26.8. The third-order valence-electron chi connectivity index (χ3n) is 6.78. The van der Waals surface area contributed by atoms with Gasteiger partial charge in [-0.15, -0.1) is 0 Å². The highest BCUT2D eigenvalue weighted by Gasteiger charge is 2.44. The standard InChI is InChI=1S/C13H18N4O5.C10H13N5O2/c18-3-1-2-7-9-12(15-5-14-7)17(6-16-9)13-11(21)10(20)8(4-19)22-13;11-9-8-10(13-4-12-9)15(5-14-8)7-2-1-6(3-16)17-7/h5-6,8,10-11,13,18-21H,1-4H2;4-7,16H,1-3H2,(H2,11,12,13)/t8-,10+,11?,13-;6-,7+/m10/s1. The van der Waals surface area contributed by atoms with Crippen LogP contribution < -0.4 is 5.73 Å². The van der Waals surface area contributed by atoms with Crippen molar-refractivity contribution in [1.29, 1.82) is 0 Å². The van der Waals surface area contributed by atoms with Crippen LogP contribution in [-0.2, 0) is 15.9 Å². The summed E-state index contributed by atoms with van der Waals surface area (Å²) < 4.78 is 14.5. The van der Waals surface area contributed by atoms with Gasteiger partial charge in [-0.2, -0.15) is 0 Å². The van der Waals surface area contributed by atoms with Crippen LogP contribution in [-0.4, -0.2) is 109 Å². The van der Waals surface area contributed by atoms with Crippen molar-refractivity contribution >= 4 is 28.1 Å². The first-order valence-corrected chi connectivity index (χ1v) is 12.6. The fourth-order valence-corrected chi connectivity index (χ4v) is 4.73. The topological polar surface area (TPSA) is 233 Å². The minimum atomic E-state index is -1.19. The molecule has 0 radical (unpaired) electrons. The van der Waals surface area contributed by atoms with E-state index in [0.717, 1.165) is 12.8 Å². The first-order chi connectivity index (χ1) is 19.0. The number of nitrogens with two attached hydrogens (primary N) is 1. The molecule has 0 spiro atoms. The van der Waals surface area contributed by atoms with Crippen LogP contribution in [0.25, 0.3) is 22.3 Å². The smallest absolute Gasteiger partial charge is 0.167 e. The van der Waals surface area contributed by atoms with E-state index in [1.807, 2.05) is 4.57 Å². The van der Waals surface area contributed by atoms with Crippen LogP contribution in [0.15, 0.2) is 25.3 Å². The molecule has 4 aromatic rings. The molecule has 2 saturated heterocycles. The molecule has 16 heteroatoms. The van der Waals surface area contributed by atoms with Crippen molar-refractivity contribution in [2.75, 3.05) is 25.6 Å². The van der Waals surface area contributed by atoms with Gasteiger partial charge in [0.25, 0.3) is 0 Å². The Hall–Kier alpha value is -3.38. The number of imidazole rings is 2. The molecule has 0 aromatic carbocycles. The molecular formula is C23H31N9O7. The minimum absolute atomic E-state index is 0.0419. The van der Waals surface area contributed by atoms with Gasteiger partial charge in [-0.1, -0.05) is 0 Å². The average Bonchev–Trinajstić information content (AvgIpc) is 3.74. The Bertz CT molecular complexity index is 1400. The van der Waals surface area contributed by atoms with Gasteiger partial charge < -0.3 is 40.7 Å². The van der Waals surface area contributed by atoms with Crippen molar-refractivity contribution in [1.82, 2.24) is 39.0 Å². The van der Waals surface area contributed by atoms with Gasteiger partial charge in [-0.05, 0) is 25.7 Å². The summed E-state index contributed by atoms with van der Waals surface area (Å²) in [6.45, 7) is -0.292. The molecule has 6 atom stereocenters. The molecule has 0 amide bonds. The highest BCUT2D eigenvalue weighted by molar-refractivity contribution is 5.81. The lowest BCUT2D eigenvalue weighted by Crippen LogP contribution is -2.33. The summed E-state index contributed by atoms with van der Waals surface area (Å²) in [5.41, 5.74) is 8.70. The number of ether oxygens (including phenoxy) is 2. The molecule has 2 aliphatic rings. The largest absolute Gasteiger partial charge is 0.396 e. The number of fused-ring (bicyclic) bond motifs is 2. The van der Waals surface area contributed by atoms with E-state index in [4.69, 9.17) is 30.5 Å². The second-order valence-corrected chi connectivity index (χ2v) is 9.26. The number of hydrogen-bond acceptors (Lipinski definition) is 14. The van der Waals surface area contributed by atoms with Crippen molar-refractivity contribution in [3.05, 3.63) is 31.0 Å². The monoisotopic (exact) mass is 545 g/mol. The van der Waals surface area contributed by atoms with Gasteiger partial charge in [-0.3, -0.25) is 9.13 Å². The Morgan fingerprint density at radius 2 is 1.54 bits per heavy atom. The summed E-state index contributed by atoms with van der Waals surface area (Å²) in [4.78, 5) is 24.8. The highest BCUT2D eigenvalue weighted by atomic mass is 16.6. The van der Waals surface area contributed by atoms with Gasteiger partial charge in [0.15, 0.2) is 23.3 Å². The number of hydrogen-bond donors (Lipinski definition) is 6. The van der Waals surface area contributed by atoms with Gasteiger partial charge in [0, 0.05) is 6.61 Å². The van der Waals surface area contributed by atoms with Gasteiger partial charge in [0.1, 0.15) is 48.2 Å². The van der Waals surface area contributed by atoms with Crippen LogP contribution >= 0.6 is 0 Å². The van der Waals surface area contributed by atoms with Crippen LogP contribution in [0.5, 0.6) is 0 Å². The lowest BCUT2D eigenvalue weighted by atomic mass is 10.1. The summed E-state index contributed by atoms with van der Waals surface area (Å²) in [5, 5.41) is 47.1. The van der Waals surface area contributed by atoms with Crippen LogP contribution in [0, 0.1) is 0 Å². The van der Waals surface area contributed by atoms with Crippen molar-refractivity contribution in [3.8, 4) is 0 Å². The second kappa shape index (κ2) is 11.8. The Morgan fingerprint density at radius 1 is 0.821 bits per heavy atom. The molecule has 7 N–H and O–H groups in total. The average molecular weight is 546 g/mol. The molecule has 2 fully saturated rings. The van der Waals surface area contributed by atoms with E-state index in [-0.39, 0.29) is 25.5 Å². The number of aryl methyl sites for hydroxylation is 1. The van der Waals surface area contributed by atoms with E-state index in [9.17, 15) is 10.2 Å². The van der Waals surface area contributed by atoms with E-state index in [0.29, 0.717) is 46.7 Å². The predicted molar refractivity (Wildman–Crippen MR) is 134 cm³/mol. The third-order valence-corrected chi connectivity index (χ3v) is 6.78. The highest BCUT2D eigenvalue weighted by Crippen LogP contribution is 2.32. The molecule has 2 aliphatic heterocycles. The van der Waals surface area contributed by atoms with Gasteiger partial charge in [0.2, 0.25) is 0 Å². The minimum Gasteiger partial charge on any atom is -0.396 e. The van der Waals surface area contributed by atoms with Crippen LogP contribution in [0.2, 0.25) is 0 Å². The van der Waals surface area contributed by atoms with E-state index >= 15 is 0 Å². The van der Waals surface area contributed by atoms with Crippen molar-refractivity contribution < 1.29 is 35.0 Å². The molecule has 16 nitrogen and oxygen atoms in total. The zero-order valence-corrected chi connectivity index (χ0v) is 20.9. The number of aliphatic hydroxyl groups is 5. The lowest BCUT2D eigenvalue weighted by molar-refractivity contribution is -0.0511. The van der Waals surface area contributed by atoms with Crippen molar-refractivity contribution in [2.45, 2.75) is 62.6 Å². The quantitative estimate of drug-likeness (QED) is 0.154. The van der Waals surface area contributed by atoms with Gasteiger partial charge >= 0.3 is 0 Å². The Kier molecular flexibility index (Phi) is 8.22. The number of rotatable bonds is 7. The summed E-state index contributed by atoms with van der Waals surface area (Å²) in [6, 6.07) is 0. The number of nitrogen functional groups attached to an aromatic ring is 1. The fourth-order valence-electron chi connectivity index (χ4n) is 4.73. The summed E-state index contributed by atoms with van der Waals surface area (Å²) in [7, 11) is 0. The van der Waals surface area contributed by atoms with Gasteiger partial charge in [-0.25, -0.2) is 29.9 Å². The third kappa shape index (κ3) is 5.27. The Morgan fingerprint density at radius 3 is 2.23 bits per heavy atom. The maximum atomic E-state index is 10.1. The Balaban J connectivity index is 0.000000163. The first kappa shape index (κ1) is 27.2. The SMILES string of the molecule is Nc1ncnc2c1ncn2[C@H]1CC[C@@H](CO)O1.OCCCc1ncnc2c1ncn2[C@@H]1O[C@H](CO)[C@H](O)C1O. The molecule has 6 rings (SSSR count). The summed E-state index contributed by atoms with van der Waals surface area (Å²) in [6.07, 6.45) is 4.37. The molecule has 4 aromatic heterocycles. The zero-order valence-electron chi connectivity index (χ0n) is 20.9. The predicted octanol–water partition coefficient (Wildman–Crippen LogP) is -1.56. The van der Waals surface area contributed by atoms with E-state index in [2.05, 4.69) is 29.9 Å². The molecule has 39 heavy (non-hydrogen) atoms. The number of aromatic nitrogens is 8. The van der Waals surface area contributed by atoms with E-state index < -0.39 is 31.1 Å². The first-order valence-electron chi connectivity index (χ1n) is 12.6. The van der Waals surface area contributed by atoms with Crippen molar-refractivity contribution in [3.63, 3.8) is 0 Å². The lowest BCUT2D eigenvalue weighted by Gasteiger charge is -2.16.